The fourth-order valence-corrected chi connectivity index (χ4v) is 2.48. The van der Waals surface area contributed by atoms with Crippen LogP contribution >= 0.6 is 23.2 Å². The number of amides is 1. The summed E-state index contributed by atoms with van der Waals surface area (Å²) < 4.78 is 5.09. The van der Waals surface area contributed by atoms with Crippen LogP contribution in [0.5, 0.6) is 0 Å². The normalized spacial score (nSPS) is 11.6. The van der Waals surface area contributed by atoms with Gasteiger partial charge in [-0.1, -0.05) is 59.6 Å². The molecule has 2 rings (SSSR count). The molecule has 0 aliphatic heterocycles. The van der Waals surface area contributed by atoms with Crippen molar-refractivity contribution in [1.29, 1.82) is 0 Å². The largest absolute Gasteiger partial charge is 0.481 e. The van der Waals surface area contributed by atoms with E-state index in [0.29, 0.717) is 5.56 Å². The third-order valence-corrected chi connectivity index (χ3v) is 3.62. The number of carbonyl (C=O) groups is 2. The lowest BCUT2D eigenvalue weighted by Crippen LogP contribution is -2.31. The number of nitrogens with zero attached hydrogens (tertiary/aromatic N) is 1. The maximum absolute atomic E-state index is 11.9. The van der Waals surface area contributed by atoms with Gasteiger partial charge in [-0.25, -0.2) is 9.78 Å². The van der Waals surface area contributed by atoms with Gasteiger partial charge in [0.25, 0.3) is 0 Å². The van der Waals surface area contributed by atoms with Crippen LogP contribution in [0.4, 0.5) is 4.79 Å². The van der Waals surface area contributed by atoms with Crippen LogP contribution in [0.15, 0.2) is 42.5 Å². The number of hydrogen-bond acceptors (Lipinski definition) is 4. The van der Waals surface area contributed by atoms with Crippen molar-refractivity contribution in [1.82, 2.24) is 10.3 Å². The highest BCUT2D eigenvalue weighted by atomic mass is 35.5. The number of carbonyl (C=O) groups excluding carboxylic acids is 1. The van der Waals surface area contributed by atoms with Gasteiger partial charge in [0.1, 0.15) is 16.9 Å². The van der Waals surface area contributed by atoms with Gasteiger partial charge in [-0.05, 0) is 11.6 Å². The van der Waals surface area contributed by atoms with Gasteiger partial charge >= 0.3 is 12.1 Å². The SMILES string of the molecule is O=C(O)C[C@@H](NC(=O)OCc1ccccc1)c1ccc(Cl)nc1Cl. The number of benzene rings is 1. The number of carboxylic acid groups (broad SMARTS) is 1. The molecular weight excluding hydrogens is 355 g/mol. The molecule has 0 saturated heterocycles. The van der Waals surface area contributed by atoms with Crippen LogP contribution in [0.1, 0.15) is 23.6 Å². The molecule has 6 nitrogen and oxygen atoms in total. The summed E-state index contributed by atoms with van der Waals surface area (Å²) in [5, 5.41) is 11.7. The summed E-state index contributed by atoms with van der Waals surface area (Å²) in [5.41, 5.74) is 1.16. The minimum Gasteiger partial charge on any atom is -0.481 e. The molecule has 1 atom stereocenters. The molecule has 0 saturated carbocycles. The quantitative estimate of drug-likeness (QED) is 0.756. The summed E-state index contributed by atoms with van der Waals surface area (Å²) >= 11 is 11.7. The number of alkyl carbamates (subject to hydrolysis) is 1. The minimum absolute atomic E-state index is 0.0251. The fraction of sp³-hybridized carbons (Fsp3) is 0.188. The molecule has 1 amide bonds. The number of aromatic nitrogens is 1. The first-order valence-electron chi connectivity index (χ1n) is 6.96. The van der Waals surface area contributed by atoms with E-state index >= 15 is 0 Å². The van der Waals surface area contributed by atoms with Gasteiger partial charge in [-0.2, -0.15) is 0 Å². The van der Waals surface area contributed by atoms with E-state index in [9.17, 15) is 9.59 Å². The van der Waals surface area contributed by atoms with Gasteiger partial charge in [0, 0.05) is 5.56 Å². The van der Waals surface area contributed by atoms with Crippen molar-refractivity contribution in [2.75, 3.05) is 0 Å². The molecular formula is C16H14Cl2N2O4. The van der Waals surface area contributed by atoms with Crippen molar-refractivity contribution < 1.29 is 19.4 Å². The number of rotatable bonds is 6. The average Bonchev–Trinajstić information content (AvgIpc) is 2.53. The predicted molar refractivity (Wildman–Crippen MR) is 89.0 cm³/mol. The first kappa shape index (κ1) is 18.0. The van der Waals surface area contributed by atoms with Crippen LogP contribution in [-0.4, -0.2) is 22.2 Å². The number of aliphatic carboxylic acids is 1. The maximum Gasteiger partial charge on any atom is 0.407 e. The number of nitrogens with one attached hydrogen (secondary N) is 1. The Kier molecular flexibility index (Phi) is 6.40. The van der Waals surface area contributed by atoms with E-state index in [1.54, 1.807) is 0 Å². The first-order chi connectivity index (χ1) is 11.5. The molecule has 0 aliphatic rings. The number of ether oxygens (including phenoxy) is 1. The first-order valence-corrected chi connectivity index (χ1v) is 7.72. The van der Waals surface area contributed by atoms with E-state index in [4.69, 9.17) is 33.0 Å². The van der Waals surface area contributed by atoms with Gasteiger partial charge in [0.05, 0.1) is 12.5 Å². The summed E-state index contributed by atoms with van der Waals surface area (Å²) in [4.78, 5) is 26.8. The maximum atomic E-state index is 11.9. The molecule has 0 fully saturated rings. The molecule has 0 radical (unpaired) electrons. The highest BCUT2D eigenvalue weighted by Gasteiger charge is 2.22. The highest BCUT2D eigenvalue weighted by Crippen LogP contribution is 2.25. The average molecular weight is 369 g/mol. The third-order valence-electron chi connectivity index (χ3n) is 3.10. The number of carboxylic acids is 1. The molecule has 1 aromatic carbocycles. The molecule has 8 heteroatoms. The topological polar surface area (TPSA) is 88.5 Å². The van der Waals surface area contributed by atoms with E-state index in [0.717, 1.165) is 5.56 Å². The van der Waals surface area contributed by atoms with Crippen molar-refractivity contribution in [2.24, 2.45) is 0 Å². The number of halogens is 2. The lowest BCUT2D eigenvalue weighted by molar-refractivity contribution is -0.137. The molecule has 0 unspecified atom stereocenters. The Morgan fingerprint density at radius 2 is 1.88 bits per heavy atom. The van der Waals surface area contributed by atoms with E-state index < -0.39 is 18.1 Å². The van der Waals surface area contributed by atoms with Crippen LogP contribution in [0.25, 0.3) is 0 Å². The predicted octanol–water partition coefficient (Wildman–Crippen LogP) is 3.83. The Morgan fingerprint density at radius 3 is 2.50 bits per heavy atom. The summed E-state index contributed by atoms with van der Waals surface area (Å²) in [6, 6.07) is 11.2. The highest BCUT2D eigenvalue weighted by molar-refractivity contribution is 6.32. The summed E-state index contributed by atoms with van der Waals surface area (Å²) in [5.74, 6) is -1.10. The second kappa shape index (κ2) is 8.52. The van der Waals surface area contributed by atoms with Crippen LogP contribution in [0.3, 0.4) is 0 Å². The fourth-order valence-electron chi connectivity index (χ4n) is 2.00. The Morgan fingerprint density at radius 1 is 1.17 bits per heavy atom. The van der Waals surface area contributed by atoms with Gasteiger partial charge in [-0.3, -0.25) is 4.79 Å². The number of pyridine rings is 1. The van der Waals surface area contributed by atoms with Crippen molar-refractivity contribution in [2.45, 2.75) is 19.1 Å². The minimum atomic E-state index is -1.10. The second-order valence-electron chi connectivity index (χ2n) is 4.87. The standard InChI is InChI=1S/C16H14Cl2N2O4/c17-13-7-6-11(15(18)20-13)12(8-14(21)22)19-16(23)24-9-10-4-2-1-3-5-10/h1-7,12H,8-9H2,(H,19,23)(H,21,22)/t12-/m1/s1. The smallest absolute Gasteiger partial charge is 0.407 e. The Labute approximate surface area is 148 Å². The van der Waals surface area contributed by atoms with Crippen molar-refractivity contribution in [3.8, 4) is 0 Å². The zero-order valence-electron chi connectivity index (χ0n) is 12.4. The van der Waals surface area contributed by atoms with Gasteiger partial charge in [0.2, 0.25) is 0 Å². The van der Waals surface area contributed by atoms with Gasteiger partial charge in [0.15, 0.2) is 0 Å². The van der Waals surface area contributed by atoms with Crippen LogP contribution in [0, 0.1) is 0 Å². The second-order valence-corrected chi connectivity index (χ2v) is 5.62. The molecule has 1 heterocycles. The van der Waals surface area contributed by atoms with Crippen LogP contribution in [-0.2, 0) is 16.1 Å². The Bertz CT molecular complexity index is 725. The lowest BCUT2D eigenvalue weighted by Gasteiger charge is -2.18. The molecule has 2 aromatic rings. The monoisotopic (exact) mass is 368 g/mol. The summed E-state index contributed by atoms with van der Waals surface area (Å²) in [7, 11) is 0. The Balaban J connectivity index is 2.05. The molecule has 126 valence electrons. The van der Waals surface area contributed by atoms with Crippen molar-refractivity contribution in [3.63, 3.8) is 0 Å². The van der Waals surface area contributed by atoms with E-state index in [2.05, 4.69) is 10.3 Å². The molecule has 0 spiro atoms. The van der Waals surface area contributed by atoms with Crippen molar-refractivity contribution in [3.05, 3.63) is 63.9 Å². The van der Waals surface area contributed by atoms with E-state index in [-0.39, 0.29) is 23.3 Å². The van der Waals surface area contributed by atoms with Gasteiger partial charge in [-0.15, -0.1) is 0 Å². The molecule has 24 heavy (non-hydrogen) atoms. The van der Waals surface area contributed by atoms with Crippen molar-refractivity contribution >= 4 is 35.3 Å². The summed E-state index contributed by atoms with van der Waals surface area (Å²) in [6.07, 6.45) is -1.13. The lowest BCUT2D eigenvalue weighted by atomic mass is 10.1. The molecule has 1 aromatic heterocycles. The van der Waals surface area contributed by atoms with Crippen LogP contribution in [0.2, 0.25) is 10.3 Å². The van der Waals surface area contributed by atoms with Gasteiger partial charge < -0.3 is 15.2 Å². The zero-order valence-corrected chi connectivity index (χ0v) is 13.9. The van der Waals surface area contributed by atoms with Crippen LogP contribution < -0.4 is 5.32 Å². The molecule has 0 bridgehead atoms. The zero-order chi connectivity index (χ0) is 17.5. The Hall–Kier alpha value is -2.31. The number of hydrogen-bond donors (Lipinski definition) is 2. The summed E-state index contributed by atoms with van der Waals surface area (Å²) in [6.45, 7) is 0.0685. The molecule has 0 aliphatic carbocycles. The van der Waals surface area contributed by atoms with E-state index in [1.165, 1.54) is 12.1 Å². The molecule has 2 N–H and O–H groups in total. The third kappa shape index (κ3) is 5.40. The van der Waals surface area contributed by atoms with E-state index in [1.807, 2.05) is 30.3 Å².